The highest BCUT2D eigenvalue weighted by molar-refractivity contribution is 5.70. The van der Waals surface area contributed by atoms with E-state index < -0.39 is 0 Å². The van der Waals surface area contributed by atoms with Crippen molar-refractivity contribution >= 4 is 5.97 Å². The summed E-state index contributed by atoms with van der Waals surface area (Å²) in [6.45, 7) is 6.76. The predicted octanol–water partition coefficient (Wildman–Crippen LogP) is 1.15. The zero-order chi connectivity index (χ0) is 12.3. The highest BCUT2D eigenvalue weighted by Gasteiger charge is 2.34. The molecule has 1 saturated heterocycles. The number of carbonyl (C=O) groups is 1. The third kappa shape index (κ3) is 3.96. The first kappa shape index (κ1) is 12.8. The first-order valence-electron chi connectivity index (χ1n) is 6.84. The van der Waals surface area contributed by atoms with E-state index in [2.05, 4.69) is 17.1 Å². The first-order valence-corrected chi connectivity index (χ1v) is 6.84. The van der Waals surface area contributed by atoms with Gasteiger partial charge in [0.15, 0.2) is 0 Å². The number of ether oxygens (including phenoxy) is 1. The standard InChI is InChI=1S/C13H24N2O2/c1-3-17-13(16)8-10(2)14-11-6-7-15(9-11)12-4-5-12/h10-12,14H,3-9H2,1-2H3. The lowest BCUT2D eigenvalue weighted by Gasteiger charge is -2.19. The normalized spacial score (nSPS) is 27.1. The van der Waals surface area contributed by atoms with Crippen molar-refractivity contribution in [2.24, 2.45) is 0 Å². The first-order chi connectivity index (χ1) is 8.19. The summed E-state index contributed by atoms with van der Waals surface area (Å²) in [7, 11) is 0. The SMILES string of the molecule is CCOC(=O)CC(C)NC1CCN(C2CC2)C1. The number of nitrogens with zero attached hydrogens (tertiary/aromatic N) is 1. The van der Waals surface area contributed by atoms with Gasteiger partial charge in [-0.1, -0.05) is 0 Å². The van der Waals surface area contributed by atoms with Crippen LogP contribution in [0.3, 0.4) is 0 Å². The van der Waals surface area contributed by atoms with Gasteiger partial charge in [0, 0.05) is 31.2 Å². The average molecular weight is 240 g/mol. The minimum Gasteiger partial charge on any atom is -0.466 e. The van der Waals surface area contributed by atoms with Crippen molar-refractivity contribution in [1.82, 2.24) is 10.2 Å². The highest BCUT2D eigenvalue weighted by Crippen LogP contribution is 2.29. The second kappa shape index (κ2) is 5.83. The van der Waals surface area contributed by atoms with Gasteiger partial charge in [0.25, 0.3) is 0 Å². The molecule has 1 heterocycles. The summed E-state index contributed by atoms with van der Waals surface area (Å²) in [4.78, 5) is 13.9. The van der Waals surface area contributed by atoms with Gasteiger partial charge in [-0.05, 0) is 33.1 Å². The molecule has 2 fully saturated rings. The van der Waals surface area contributed by atoms with Crippen LogP contribution in [0.1, 0.15) is 39.5 Å². The lowest BCUT2D eigenvalue weighted by Crippen LogP contribution is -2.40. The summed E-state index contributed by atoms with van der Waals surface area (Å²) in [5, 5.41) is 3.54. The number of carbonyl (C=O) groups excluding carboxylic acids is 1. The second-order valence-electron chi connectivity index (χ2n) is 5.29. The third-order valence-corrected chi connectivity index (χ3v) is 3.58. The summed E-state index contributed by atoms with van der Waals surface area (Å²) in [6.07, 6.45) is 4.45. The lowest BCUT2D eigenvalue weighted by atomic mass is 10.2. The van der Waals surface area contributed by atoms with Gasteiger partial charge in [-0.15, -0.1) is 0 Å². The molecule has 2 unspecified atom stereocenters. The van der Waals surface area contributed by atoms with Crippen molar-refractivity contribution in [3.63, 3.8) is 0 Å². The number of nitrogens with one attached hydrogen (secondary N) is 1. The van der Waals surface area contributed by atoms with E-state index in [1.807, 2.05) is 6.92 Å². The smallest absolute Gasteiger partial charge is 0.307 e. The van der Waals surface area contributed by atoms with Crippen LogP contribution in [-0.4, -0.2) is 48.7 Å². The number of likely N-dealkylation sites (tertiary alicyclic amines) is 1. The molecule has 0 spiro atoms. The summed E-state index contributed by atoms with van der Waals surface area (Å²) in [5.74, 6) is -0.0930. The number of esters is 1. The molecular formula is C13H24N2O2. The van der Waals surface area contributed by atoms with Gasteiger partial charge in [0.05, 0.1) is 13.0 Å². The Kier molecular flexibility index (Phi) is 4.40. The Hall–Kier alpha value is -0.610. The van der Waals surface area contributed by atoms with Crippen LogP contribution in [0.25, 0.3) is 0 Å². The van der Waals surface area contributed by atoms with Gasteiger partial charge in [-0.3, -0.25) is 9.69 Å². The molecule has 2 rings (SSSR count). The maximum absolute atomic E-state index is 11.3. The molecule has 0 bridgehead atoms. The monoisotopic (exact) mass is 240 g/mol. The predicted molar refractivity (Wildman–Crippen MR) is 66.8 cm³/mol. The van der Waals surface area contributed by atoms with Gasteiger partial charge < -0.3 is 10.1 Å². The molecule has 0 aromatic carbocycles. The summed E-state index contributed by atoms with van der Waals surface area (Å²) in [6, 6.07) is 1.64. The molecule has 1 aliphatic carbocycles. The molecule has 98 valence electrons. The number of hydrogen-bond acceptors (Lipinski definition) is 4. The Morgan fingerprint density at radius 2 is 2.24 bits per heavy atom. The molecule has 4 heteroatoms. The Balaban J connectivity index is 1.64. The van der Waals surface area contributed by atoms with Gasteiger partial charge in [-0.25, -0.2) is 0 Å². The van der Waals surface area contributed by atoms with Gasteiger partial charge in [0.2, 0.25) is 0 Å². The minimum atomic E-state index is -0.0930. The molecule has 0 aromatic rings. The molecular weight excluding hydrogens is 216 g/mol. The highest BCUT2D eigenvalue weighted by atomic mass is 16.5. The fourth-order valence-corrected chi connectivity index (χ4v) is 2.63. The Bertz CT molecular complexity index is 266. The molecule has 1 saturated carbocycles. The van der Waals surface area contributed by atoms with E-state index >= 15 is 0 Å². The second-order valence-corrected chi connectivity index (χ2v) is 5.29. The molecule has 1 aliphatic heterocycles. The van der Waals surface area contributed by atoms with Gasteiger partial charge in [-0.2, -0.15) is 0 Å². The van der Waals surface area contributed by atoms with E-state index in [0.29, 0.717) is 19.1 Å². The van der Waals surface area contributed by atoms with Crippen LogP contribution in [0.5, 0.6) is 0 Å². The van der Waals surface area contributed by atoms with E-state index in [1.54, 1.807) is 0 Å². The Labute approximate surface area is 104 Å². The Morgan fingerprint density at radius 1 is 1.47 bits per heavy atom. The summed E-state index contributed by atoms with van der Waals surface area (Å²) in [5.41, 5.74) is 0. The molecule has 4 nitrogen and oxygen atoms in total. The fourth-order valence-electron chi connectivity index (χ4n) is 2.63. The topological polar surface area (TPSA) is 41.6 Å². The number of rotatable bonds is 6. The molecule has 2 atom stereocenters. The van der Waals surface area contributed by atoms with Crippen LogP contribution in [-0.2, 0) is 9.53 Å². The van der Waals surface area contributed by atoms with E-state index in [4.69, 9.17) is 4.74 Å². The summed E-state index contributed by atoms with van der Waals surface area (Å²) < 4.78 is 4.96. The molecule has 17 heavy (non-hydrogen) atoms. The average Bonchev–Trinajstić information content (AvgIpc) is 3.01. The van der Waals surface area contributed by atoms with Crippen LogP contribution in [0.2, 0.25) is 0 Å². The van der Waals surface area contributed by atoms with Crippen LogP contribution in [0.4, 0.5) is 0 Å². The number of hydrogen-bond donors (Lipinski definition) is 1. The maximum Gasteiger partial charge on any atom is 0.307 e. The van der Waals surface area contributed by atoms with Crippen LogP contribution in [0.15, 0.2) is 0 Å². The van der Waals surface area contributed by atoms with Gasteiger partial charge >= 0.3 is 5.97 Å². The van der Waals surface area contributed by atoms with E-state index in [-0.39, 0.29) is 12.0 Å². The van der Waals surface area contributed by atoms with Crippen molar-refractivity contribution in [3.8, 4) is 0 Å². The maximum atomic E-state index is 11.3. The lowest BCUT2D eigenvalue weighted by molar-refractivity contribution is -0.143. The van der Waals surface area contributed by atoms with Crippen LogP contribution >= 0.6 is 0 Å². The summed E-state index contributed by atoms with van der Waals surface area (Å²) >= 11 is 0. The molecule has 2 aliphatic rings. The van der Waals surface area contributed by atoms with Crippen molar-refractivity contribution in [2.75, 3.05) is 19.7 Å². The fraction of sp³-hybridized carbons (Fsp3) is 0.923. The van der Waals surface area contributed by atoms with Gasteiger partial charge in [0.1, 0.15) is 0 Å². The third-order valence-electron chi connectivity index (χ3n) is 3.58. The van der Waals surface area contributed by atoms with Crippen LogP contribution < -0.4 is 5.32 Å². The molecule has 0 radical (unpaired) electrons. The van der Waals surface area contributed by atoms with Crippen molar-refractivity contribution < 1.29 is 9.53 Å². The minimum absolute atomic E-state index is 0.0930. The Morgan fingerprint density at radius 3 is 2.88 bits per heavy atom. The largest absolute Gasteiger partial charge is 0.466 e. The van der Waals surface area contributed by atoms with Crippen LogP contribution in [0, 0.1) is 0 Å². The quantitative estimate of drug-likeness (QED) is 0.707. The molecule has 0 aromatic heterocycles. The van der Waals surface area contributed by atoms with E-state index in [1.165, 1.54) is 25.8 Å². The van der Waals surface area contributed by atoms with Crippen molar-refractivity contribution in [1.29, 1.82) is 0 Å². The zero-order valence-corrected chi connectivity index (χ0v) is 10.9. The molecule has 0 amide bonds. The van der Waals surface area contributed by atoms with Crippen molar-refractivity contribution in [2.45, 2.75) is 57.7 Å². The van der Waals surface area contributed by atoms with Crippen molar-refractivity contribution in [3.05, 3.63) is 0 Å². The zero-order valence-electron chi connectivity index (χ0n) is 10.9. The molecule has 1 N–H and O–H groups in total. The van der Waals surface area contributed by atoms with E-state index in [0.717, 1.165) is 12.6 Å². The van der Waals surface area contributed by atoms with E-state index in [9.17, 15) is 4.79 Å².